The van der Waals surface area contributed by atoms with Crippen LogP contribution in [0.2, 0.25) is 0 Å². The van der Waals surface area contributed by atoms with Gasteiger partial charge in [0.25, 0.3) is 0 Å². The fraction of sp³-hybridized carbons (Fsp3) is 0.692. The molecule has 0 saturated carbocycles. The predicted molar refractivity (Wildman–Crippen MR) is 73.6 cm³/mol. The number of nitrogens with zero attached hydrogens (tertiary/aromatic N) is 3. The number of anilines is 1. The third-order valence-electron chi connectivity index (χ3n) is 3.70. The molecule has 4 atom stereocenters. The standard InChI is InChI=1S/C13H20FN3O4/c1-4-16(5-2)11-8(14)6-17(13(20)15-11)12-10(19)9(18)7(3)21-12/h6-7,9-10,12,18-19H,4-5H2,1-3H3/t7-,9-,10-,12-/m1/s1. The van der Waals surface area contributed by atoms with Gasteiger partial charge in [-0.15, -0.1) is 0 Å². The van der Waals surface area contributed by atoms with E-state index in [1.807, 2.05) is 13.8 Å². The summed E-state index contributed by atoms with van der Waals surface area (Å²) in [4.78, 5) is 17.4. The Morgan fingerprint density at radius 1 is 1.38 bits per heavy atom. The number of rotatable bonds is 4. The second-order valence-corrected chi connectivity index (χ2v) is 4.99. The van der Waals surface area contributed by atoms with Gasteiger partial charge in [0.1, 0.15) is 12.2 Å². The minimum Gasteiger partial charge on any atom is -0.388 e. The van der Waals surface area contributed by atoms with Crippen molar-refractivity contribution in [1.29, 1.82) is 0 Å². The molecule has 21 heavy (non-hydrogen) atoms. The number of aliphatic hydroxyl groups excluding tert-OH is 2. The molecule has 1 aromatic rings. The minimum absolute atomic E-state index is 0.0256. The Hall–Kier alpha value is -1.51. The van der Waals surface area contributed by atoms with Gasteiger partial charge in [-0.25, -0.2) is 9.18 Å². The molecule has 1 fully saturated rings. The van der Waals surface area contributed by atoms with Gasteiger partial charge in [0.15, 0.2) is 17.9 Å². The van der Waals surface area contributed by atoms with Gasteiger partial charge in [-0.2, -0.15) is 4.98 Å². The maximum atomic E-state index is 14.2. The number of ether oxygens (including phenoxy) is 1. The molecule has 1 aliphatic rings. The second-order valence-electron chi connectivity index (χ2n) is 4.99. The van der Waals surface area contributed by atoms with Crippen LogP contribution in [0, 0.1) is 5.82 Å². The highest BCUT2D eigenvalue weighted by Crippen LogP contribution is 2.28. The van der Waals surface area contributed by atoms with Crippen molar-refractivity contribution in [1.82, 2.24) is 9.55 Å². The van der Waals surface area contributed by atoms with Crippen molar-refractivity contribution in [2.24, 2.45) is 0 Å². The van der Waals surface area contributed by atoms with E-state index in [1.54, 1.807) is 11.8 Å². The van der Waals surface area contributed by atoms with E-state index in [9.17, 15) is 19.4 Å². The van der Waals surface area contributed by atoms with Crippen LogP contribution in [0.4, 0.5) is 10.2 Å². The van der Waals surface area contributed by atoms with Crippen molar-refractivity contribution in [2.75, 3.05) is 18.0 Å². The molecule has 0 radical (unpaired) electrons. The molecule has 1 aliphatic heterocycles. The number of halogens is 1. The molecule has 7 nitrogen and oxygen atoms in total. The first-order valence-electron chi connectivity index (χ1n) is 6.95. The fourth-order valence-electron chi connectivity index (χ4n) is 2.42. The van der Waals surface area contributed by atoms with E-state index in [2.05, 4.69) is 4.98 Å². The molecule has 2 N–H and O–H groups in total. The van der Waals surface area contributed by atoms with Crippen molar-refractivity contribution < 1.29 is 19.3 Å². The van der Waals surface area contributed by atoms with Crippen LogP contribution < -0.4 is 10.6 Å². The first-order chi connectivity index (χ1) is 9.90. The molecule has 0 aromatic carbocycles. The summed E-state index contributed by atoms with van der Waals surface area (Å²) in [6.07, 6.45) is -3.27. The molecule has 8 heteroatoms. The lowest BCUT2D eigenvalue weighted by Crippen LogP contribution is -2.37. The molecule has 2 rings (SSSR count). The molecule has 0 unspecified atom stereocenters. The molecule has 0 aliphatic carbocycles. The monoisotopic (exact) mass is 301 g/mol. The van der Waals surface area contributed by atoms with Crippen LogP contribution in [0.25, 0.3) is 0 Å². The second kappa shape index (κ2) is 6.08. The van der Waals surface area contributed by atoms with Crippen LogP contribution in [0.15, 0.2) is 11.0 Å². The summed E-state index contributed by atoms with van der Waals surface area (Å²) in [5.74, 6) is -0.703. The van der Waals surface area contributed by atoms with E-state index in [0.29, 0.717) is 13.1 Å². The molecule has 0 amide bonds. The zero-order chi connectivity index (χ0) is 15.7. The Morgan fingerprint density at radius 2 is 2.00 bits per heavy atom. The first-order valence-corrected chi connectivity index (χ1v) is 6.95. The average molecular weight is 301 g/mol. The average Bonchev–Trinajstić information content (AvgIpc) is 2.71. The number of hydrogen-bond acceptors (Lipinski definition) is 6. The van der Waals surface area contributed by atoms with Crippen LogP contribution in [-0.2, 0) is 4.74 Å². The summed E-state index contributed by atoms with van der Waals surface area (Å²) in [5.41, 5.74) is -0.733. The minimum atomic E-state index is -1.31. The third kappa shape index (κ3) is 2.78. The maximum Gasteiger partial charge on any atom is 0.351 e. The quantitative estimate of drug-likeness (QED) is 0.805. The topological polar surface area (TPSA) is 87.8 Å². The molecule has 2 heterocycles. The molecule has 1 saturated heterocycles. The van der Waals surface area contributed by atoms with Crippen molar-refractivity contribution in [2.45, 2.75) is 45.3 Å². The lowest BCUT2D eigenvalue weighted by atomic mass is 10.1. The summed E-state index contributed by atoms with van der Waals surface area (Å²) in [6.45, 7) is 6.26. The predicted octanol–water partition coefficient (Wildman–Crippen LogP) is -0.132. The highest BCUT2D eigenvalue weighted by molar-refractivity contribution is 5.38. The van der Waals surface area contributed by atoms with Gasteiger partial charge in [0, 0.05) is 13.1 Å². The highest BCUT2D eigenvalue weighted by atomic mass is 19.1. The summed E-state index contributed by atoms with van der Waals surface area (Å²) in [5, 5.41) is 19.5. The van der Waals surface area contributed by atoms with Gasteiger partial charge in [-0.1, -0.05) is 0 Å². The first kappa shape index (κ1) is 15.9. The van der Waals surface area contributed by atoms with Crippen molar-refractivity contribution in [3.05, 3.63) is 22.5 Å². The Labute approximate surface area is 121 Å². The van der Waals surface area contributed by atoms with Crippen LogP contribution in [0.3, 0.4) is 0 Å². The molecule has 0 spiro atoms. The zero-order valence-corrected chi connectivity index (χ0v) is 12.2. The number of aromatic nitrogens is 2. The van der Waals surface area contributed by atoms with Crippen molar-refractivity contribution in [3.8, 4) is 0 Å². The van der Waals surface area contributed by atoms with Gasteiger partial charge in [0.05, 0.1) is 12.3 Å². The molecular formula is C13H20FN3O4. The van der Waals surface area contributed by atoms with E-state index in [-0.39, 0.29) is 5.82 Å². The Balaban J connectivity index is 2.40. The van der Waals surface area contributed by atoms with E-state index >= 15 is 0 Å². The van der Waals surface area contributed by atoms with Crippen LogP contribution in [0.5, 0.6) is 0 Å². The highest BCUT2D eigenvalue weighted by Gasteiger charge is 2.42. The van der Waals surface area contributed by atoms with Gasteiger partial charge >= 0.3 is 5.69 Å². The molecule has 0 bridgehead atoms. The number of hydrogen-bond donors (Lipinski definition) is 2. The Morgan fingerprint density at radius 3 is 2.48 bits per heavy atom. The summed E-state index contributed by atoms with van der Waals surface area (Å²) >= 11 is 0. The van der Waals surface area contributed by atoms with Gasteiger partial charge < -0.3 is 19.8 Å². The van der Waals surface area contributed by atoms with Crippen molar-refractivity contribution in [3.63, 3.8) is 0 Å². The SMILES string of the molecule is CCN(CC)c1nc(=O)n([C@@H]2O[C@H](C)[C@@H](O)[C@H]2O)cc1F. The Bertz CT molecular complexity index is 561. The third-order valence-corrected chi connectivity index (χ3v) is 3.70. The lowest BCUT2D eigenvalue weighted by molar-refractivity contribution is -0.0355. The zero-order valence-electron chi connectivity index (χ0n) is 12.2. The van der Waals surface area contributed by atoms with E-state index in [4.69, 9.17) is 4.74 Å². The van der Waals surface area contributed by atoms with Crippen LogP contribution in [-0.4, -0.2) is 51.2 Å². The van der Waals surface area contributed by atoms with E-state index in [0.717, 1.165) is 10.8 Å². The van der Waals surface area contributed by atoms with Gasteiger partial charge in [0.2, 0.25) is 0 Å². The molecule has 118 valence electrons. The maximum absolute atomic E-state index is 14.2. The van der Waals surface area contributed by atoms with Crippen molar-refractivity contribution >= 4 is 5.82 Å². The summed E-state index contributed by atoms with van der Waals surface area (Å²) in [7, 11) is 0. The smallest absolute Gasteiger partial charge is 0.351 e. The van der Waals surface area contributed by atoms with Gasteiger partial charge in [-0.3, -0.25) is 4.57 Å². The van der Waals surface area contributed by atoms with E-state index in [1.165, 1.54) is 0 Å². The number of aliphatic hydroxyl groups is 2. The van der Waals surface area contributed by atoms with Crippen LogP contribution >= 0.6 is 0 Å². The van der Waals surface area contributed by atoms with Crippen LogP contribution in [0.1, 0.15) is 27.0 Å². The fourth-order valence-corrected chi connectivity index (χ4v) is 2.42. The molecule has 1 aromatic heterocycles. The normalized spacial score (nSPS) is 28.9. The van der Waals surface area contributed by atoms with E-state index < -0.39 is 36.0 Å². The summed E-state index contributed by atoms with van der Waals surface area (Å²) in [6, 6.07) is 0. The largest absolute Gasteiger partial charge is 0.388 e. The van der Waals surface area contributed by atoms with Gasteiger partial charge in [-0.05, 0) is 20.8 Å². The Kier molecular flexibility index (Phi) is 4.60. The lowest BCUT2D eigenvalue weighted by Gasteiger charge is -2.22. The molecular weight excluding hydrogens is 281 g/mol. The summed E-state index contributed by atoms with van der Waals surface area (Å²) < 4.78 is 20.3.